The third-order valence-corrected chi connectivity index (χ3v) is 7.94. The van der Waals surface area contributed by atoms with E-state index in [2.05, 4.69) is 0 Å². The smallest absolute Gasteiger partial charge is 0.357 e. The van der Waals surface area contributed by atoms with E-state index in [-0.39, 0.29) is 0 Å². The molecule has 1 aliphatic rings. The molecule has 1 saturated heterocycles. The number of hydrazine groups is 1. The number of Topliss-reactive ketones (excluding diaryl/α,β-unsaturated/α-hetero) is 1. The number of ether oxygens (including phenoxy) is 1. The Bertz CT molecular complexity index is 978. The highest BCUT2D eigenvalue weighted by Gasteiger charge is 2.65. The highest BCUT2D eigenvalue weighted by atomic mass is 32.2. The van der Waals surface area contributed by atoms with Crippen LogP contribution in [0.5, 0.6) is 0 Å². The van der Waals surface area contributed by atoms with Crippen LogP contribution < -0.4 is 11.3 Å². The number of sulfone groups is 1. The molecule has 31 heavy (non-hydrogen) atoms. The fourth-order valence-corrected chi connectivity index (χ4v) is 5.72. The zero-order valence-electron chi connectivity index (χ0n) is 15.9. The average molecular weight is 476 g/mol. The first-order valence-corrected chi connectivity index (χ1v) is 10.2. The van der Waals surface area contributed by atoms with Gasteiger partial charge in [0.25, 0.3) is 11.7 Å². The summed E-state index contributed by atoms with van der Waals surface area (Å²) in [4.78, 5) is 23.5. The molecular weight excluding hydrogens is 458 g/mol. The molecule has 1 fully saturated rings. The number of halogens is 6. The number of hydrogen-bond donors (Lipinski definition) is 2. The van der Waals surface area contributed by atoms with E-state index in [1.807, 2.05) is 0 Å². The van der Waals surface area contributed by atoms with E-state index in [0.29, 0.717) is 12.1 Å². The van der Waals surface area contributed by atoms with Crippen LogP contribution in [0.1, 0.15) is 31.7 Å². The molecule has 0 aliphatic carbocycles. The Labute approximate surface area is 172 Å². The molecule has 1 heterocycles. The predicted octanol–water partition coefficient (Wildman–Crippen LogP) is 2.30. The molecule has 2 unspecified atom stereocenters. The van der Waals surface area contributed by atoms with Crippen LogP contribution in [0, 0.1) is 0 Å². The normalized spacial score (nSPS) is 25.2. The van der Waals surface area contributed by atoms with Gasteiger partial charge in [-0.2, -0.15) is 26.3 Å². The van der Waals surface area contributed by atoms with Gasteiger partial charge in [0.05, 0.1) is 21.8 Å². The molecule has 0 spiro atoms. The second-order valence-electron chi connectivity index (χ2n) is 6.97. The monoisotopic (exact) mass is 476 g/mol. The lowest BCUT2D eigenvalue weighted by atomic mass is 9.80. The minimum absolute atomic E-state index is 0.346. The van der Waals surface area contributed by atoms with Crippen LogP contribution in [0.25, 0.3) is 0 Å². The summed E-state index contributed by atoms with van der Waals surface area (Å²) in [7, 11) is -4.77. The third-order valence-electron chi connectivity index (χ3n) is 5.29. The van der Waals surface area contributed by atoms with Crippen molar-refractivity contribution in [1.82, 2.24) is 5.43 Å². The molecule has 0 bridgehead atoms. The number of benzene rings is 1. The van der Waals surface area contributed by atoms with Crippen molar-refractivity contribution in [2.45, 2.75) is 53.8 Å². The van der Waals surface area contributed by atoms with Crippen LogP contribution in [-0.4, -0.2) is 43.2 Å². The lowest BCUT2D eigenvalue weighted by molar-refractivity contribution is -0.203. The van der Waals surface area contributed by atoms with Gasteiger partial charge < -0.3 is 4.74 Å². The molecule has 0 aromatic heterocycles. The van der Waals surface area contributed by atoms with Gasteiger partial charge in [0, 0.05) is 6.42 Å². The Kier molecular flexibility index (Phi) is 6.52. The first-order chi connectivity index (χ1) is 14.1. The standard InChI is InChI=1S/C17H18F6N2O5S/c1-2-14(31(28,29)11-5-3-4-10(8-11)16(18,19)20)6-7-30-15(9-14,13(27)25-24)12(26)17(21,22)23/h3-5,8H,2,6-7,9,24H2,1H3,(H,25,27). The maximum Gasteiger partial charge on any atom is 0.453 e. The van der Waals surface area contributed by atoms with Gasteiger partial charge in [0.2, 0.25) is 5.60 Å². The Balaban J connectivity index is 2.67. The van der Waals surface area contributed by atoms with Gasteiger partial charge >= 0.3 is 12.4 Å². The summed E-state index contributed by atoms with van der Waals surface area (Å²) in [6, 6.07) is 2.66. The van der Waals surface area contributed by atoms with Crippen molar-refractivity contribution >= 4 is 21.5 Å². The van der Waals surface area contributed by atoms with Crippen molar-refractivity contribution in [3.8, 4) is 0 Å². The molecule has 174 valence electrons. The van der Waals surface area contributed by atoms with Gasteiger partial charge in [-0.3, -0.25) is 15.0 Å². The van der Waals surface area contributed by atoms with Crippen molar-refractivity contribution in [1.29, 1.82) is 0 Å². The first-order valence-electron chi connectivity index (χ1n) is 8.76. The molecule has 2 atom stereocenters. The van der Waals surface area contributed by atoms with E-state index < -0.39 is 80.6 Å². The van der Waals surface area contributed by atoms with Gasteiger partial charge in [-0.25, -0.2) is 14.3 Å². The lowest BCUT2D eigenvalue weighted by Crippen LogP contribution is -2.66. The molecule has 0 radical (unpaired) electrons. The molecule has 2 rings (SSSR count). The quantitative estimate of drug-likeness (QED) is 0.222. The summed E-state index contributed by atoms with van der Waals surface area (Å²) >= 11 is 0. The molecule has 1 aromatic carbocycles. The maximum absolute atomic E-state index is 13.3. The van der Waals surface area contributed by atoms with Crippen LogP contribution in [0.15, 0.2) is 29.2 Å². The minimum Gasteiger partial charge on any atom is -0.357 e. The summed E-state index contributed by atoms with van der Waals surface area (Å²) in [5, 5.41) is 0. The molecule has 14 heteroatoms. The third kappa shape index (κ3) is 4.28. The second-order valence-corrected chi connectivity index (χ2v) is 9.31. The van der Waals surface area contributed by atoms with Crippen LogP contribution in [0.4, 0.5) is 26.3 Å². The van der Waals surface area contributed by atoms with Gasteiger partial charge in [-0.15, -0.1) is 0 Å². The fraction of sp³-hybridized carbons (Fsp3) is 0.529. The Hall–Kier alpha value is -2.19. The number of alkyl halides is 6. The van der Waals surface area contributed by atoms with Crippen LogP contribution in [0.2, 0.25) is 0 Å². The largest absolute Gasteiger partial charge is 0.453 e. The predicted molar refractivity (Wildman–Crippen MR) is 93.0 cm³/mol. The number of ketones is 1. The maximum atomic E-state index is 13.3. The first kappa shape index (κ1) is 25.1. The van der Waals surface area contributed by atoms with Gasteiger partial charge in [-0.1, -0.05) is 13.0 Å². The molecular formula is C17H18F6N2O5S. The van der Waals surface area contributed by atoms with Crippen molar-refractivity contribution < 1.29 is 49.1 Å². The molecule has 1 aromatic rings. The van der Waals surface area contributed by atoms with E-state index in [1.54, 1.807) is 0 Å². The van der Waals surface area contributed by atoms with Crippen LogP contribution in [-0.2, 0) is 30.3 Å². The summed E-state index contributed by atoms with van der Waals surface area (Å²) in [5.74, 6) is 0.530. The van der Waals surface area contributed by atoms with E-state index in [1.165, 1.54) is 12.3 Å². The van der Waals surface area contributed by atoms with Gasteiger partial charge in [0.1, 0.15) is 0 Å². The number of nitrogens with one attached hydrogen (secondary N) is 1. The van der Waals surface area contributed by atoms with E-state index in [0.717, 1.165) is 12.1 Å². The summed E-state index contributed by atoms with van der Waals surface area (Å²) in [6.07, 6.45) is -12.6. The Morgan fingerprint density at radius 2 is 1.81 bits per heavy atom. The second kappa shape index (κ2) is 8.06. The molecule has 1 aliphatic heterocycles. The van der Waals surface area contributed by atoms with E-state index >= 15 is 0 Å². The van der Waals surface area contributed by atoms with Crippen LogP contribution >= 0.6 is 0 Å². The summed E-state index contributed by atoms with van der Waals surface area (Å²) in [6.45, 7) is 0.501. The Morgan fingerprint density at radius 3 is 2.29 bits per heavy atom. The zero-order valence-corrected chi connectivity index (χ0v) is 16.7. The average Bonchev–Trinajstić information content (AvgIpc) is 2.71. The highest BCUT2D eigenvalue weighted by molar-refractivity contribution is 7.92. The number of amides is 1. The molecule has 7 nitrogen and oxygen atoms in total. The zero-order chi connectivity index (χ0) is 23.9. The topological polar surface area (TPSA) is 116 Å². The number of carbonyl (C=O) groups excluding carboxylic acids is 2. The summed E-state index contributed by atoms with van der Waals surface area (Å²) in [5.41, 5.74) is -3.22. The minimum atomic E-state index is -5.58. The Morgan fingerprint density at radius 1 is 1.19 bits per heavy atom. The molecule has 1 amide bonds. The number of rotatable bonds is 5. The summed E-state index contributed by atoms with van der Waals surface area (Å²) < 4.78 is 108. The van der Waals surface area contributed by atoms with Gasteiger partial charge in [-0.05, 0) is 31.0 Å². The highest BCUT2D eigenvalue weighted by Crippen LogP contribution is 2.46. The van der Waals surface area contributed by atoms with Crippen molar-refractivity contribution in [2.75, 3.05) is 6.61 Å². The van der Waals surface area contributed by atoms with Crippen molar-refractivity contribution in [2.24, 2.45) is 5.84 Å². The van der Waals surface area contributed by atoms with Gasteiger partial charge in [0.15, 0.2) is 9.84 Å². The SMILES string of the molecule is CCC1(S(=O)(=O)c2cccc(C(F)(F)F)c2)CCOC(C(=O)NN)(C(=O)C(F)(F)F)C1. The molecule has 3 N–H and O–H groups in total. The van der Waals surface area contributed by atoms with Crippen LogP contribution in [0.3, 0.4) is 0 Å². The van der Waals surface area contributed by atoms with Crippen molar-refractivity contribution in [3.63, 3.8) is 0 Å². The number of carbonyl (C=O) groups is 2. The molecule has 0 saturated carbocycles. The number of hydrogen-bond acceptors (Lipinski definition) is 6. The van der Waals surface area contributed by atoms with E-state index in [4.69, 9.17) is 10.6 Å². The van der Waals surface area contributed by atoms with Crippen molar-refractivity contribution in [3.05, 3.63) is 29.8 Å². The number of nitrogens with two attached hydrogens (primary N) is 1. The lowest BCUT2D eigenvalue weighted by Gasteiger charge is -2.44. The fourth-order valence-electron chi connectivity index (χ4n) is 3.56. The van der Waals surface area contributed by atoms with E-state index in [9.17, 15) is 44.3 Å².